The fourth-order valence-electron chi connectivity index (χ4n) is 1.03. The van der Waals surface area contributed by atoms with Gasteiger partial charge in [0.1, 0.15) is 10.7 Å². The first kappa shape index (κ1) is 8.07. The topological polar surface area (TPSA) is 42.3 Å². The molecule has 0 aliphatic heterocycles. The van der Waals surface area contributed by atoms with Crippen molar-refractivity contribution in [3.8, 4) is 10.6 Å². The van der Waals surface area contributed by atoms with E-state index in [1.807, 2.05) is 17.5 Å². The molecular weight excluding hydrogens is 184 g/mol. The summed E-state index contributed by atoms with van der Waals surface area (Å²) < 4.78 is 0. The highest BCUT2D eigenvalue weighted by atomic mass is 32.1. The second-order valence-electron chi connectivity index (χ2n) is 2.48. The second-order valence-corrected chi connectivity index (χ2v) is 3.37. The zero-order valence-electron chi connectivity index (χ0n) is 6.68. The molecule has 3 nitrogen and oxygen atoms in total. The van der Waals surface area contributed by atoms with Crippen molar-refractivity contribution in [2.24, 2.45) is 5.18 Å². The molecule has 0 aliphatic carbocycles. The van der Waals surface area contributed by atoms with Gasteiger partial charge in [0.15, 0.2) is 0 Å². The second kappa shape index (κ2) is 3.45. The van der Waals surface area contributed by atoms with E-state index >= 15 is 0 Å². The normalized spacial score (nSPS) is 9.85. The number of benzene rings is 1. The lowest BCUT2D eigenvalue weighted by atomic mass is 10.2. The van der Waals surface area contributed by atoms with E-state index in [4.69, 9.17) is 0 Å². The maximum absolute atomic E-state index is 10.1. The van der Waals surface area contributed by atoms with Crippen LogP contribution in [0.5, 0.6) is 0 Å². The number of rotatable bonds is 2. The molecule has 0 saturated heterocycles. The van der Waals surface area contributed by atoms with Gasteiger partial charge < -0.3 is 0 Å². The molecule has 0 fully saturated rings. The van der Waals surface area contributed by atoms with E-state index in [-0.39, 0.29) is 0 Å². The lowest BCUT2D eigenvalue weighted by molar-refractivity contribution is 1.41. The molecule has 1 aromatic carbocycles. The van der Waals surface area contributed by atoms with Crippen LogP contribution in [0.2, 0.25) is 0 Å². The number of hydrogen-bond acceptors (Lipinski definition) is 4. The molecule has 0 N–H and O–H groups in total. The molecule has 64 valence electrons. The number of thiazole rings is 1. The quantitative estimate of drug-likeness (QED) is 0.682. The number of nitroso groups, excluding NO2 is 1. The minimum atomic E-state index is 0.445. The molecule has 1 heterocycles. The minimum Gasteiger partial charge on any atom is -0.245 e. The van der Waals surface area contributed by atoms with Gasteiger partial charge in [-0.1, -0.05) is 0 Å². The molecular formula is C9H6N2OS. The third-order valence-corrected chi connectivity index (χ3v) is 2.47. The van der Waals surface area contributed by atoms with Crippen molar-refractivity contribution < 1.29 is 0 Å². The molecule has 0 spiro atoms. The summed E-state index contributed by atoms with van der Waals surface area (Å²) in [4.78, 5) is 14.3. The smallest absolute Gasteiger partial charge is 0.123 e. The maximum Gasteiger partial charge on any atom is 0.123 e. The van der Waals surface area contributed by atoms with E-state index in [1.54, 1.807) is 29.7 Å². The predicted octanol–water partition coefficient (Wildman–Crippen LogP) is 3.21. The third kappa shape index (κ3) is 1.62. The summed E-state index contributed by atoms with van der Waals surface area (Å²) in [5.74, 6) is 0. The van der Waals surface area contributed by atoms with Gasteiger partial charge >= 0.3 is 0 Å². The molecule has 2 aromatic rings. The van der Waals surface area contributed by atoms with Gasteiger partial charge in [0.2, 0.25) is 0 Å². The van der Waals surface area contributed by atoms with Crippen LogP contribution in [0.3, 0.4) is 0 Å². The highest BCUT2D eigenvalue weighted by Crippen LogP contribution is 2.23. The molecule has 0 unspecified atom stereocenters. The van der Waals surface area contributed by atoms with Crippen molar-refractivity contribution in [3.63, 3.8) is 0 Å². The average Bonchev–Trinajstić information content (AvgIpc) is 2.71. The van der Waals surface area contributed by atoms with Gasteiger partial charge in [0.25, 0.3) is 0 Å². The monoisotopic (exact) mass is 190 g/mol. The van der Waals surface area contributed by atoms with Gasteiger partial charge in [-0.15, -0.1) is 16.2 Å². The summed E-state index contributed by atoms with van der Waals surface area (Å²) in [6.07, 6.45) is 1.76. The first-order valence-electron chi connectivity index (χ1n) is 3.73. The van der Waals surface area contributed by atoms with Crippen LogP contribution in [0.1, 0.15) is 0 Å². The largest absolute Gasteiger partial charge is 0.245 e. The number of nitrogens with zero attached hydrogens (tertiary/aromatic N) is 2. The van der Waals surface area contributed by atoms with Crippen molar-refractivity contribution >= 4 is 17.0 Å². The first-order chi connectivity index (χ1) is 6.40. The van der Waals surface area contributed by atoms with Crippen LogP contribution in [0, 0.1) is 4.91 Å². The summed E-state index contributed by atoms with van der Waals surface area (Å²) in [5.41, 5.74) is 1.46. The Bertz CT molecular complexity index is 394. The van der Waals surface area contributed by atoms with Crippen LogP contribution in [0.4, 0.5) is 5.69 Å². The van der Waals surface area contributed by atoms with E-state index in [0.717, 1.165) is 10.6 Å². The van der Waals surface area contributed by atoms with Gasteiger partial charge in [-0.2, -0.15) is 0 Å². The lowest BCUT2D eigenvalue weighted by Crippen LogP contribution is -1.73. The number of hydrogen-bond donors (Lipinski definition) is 0. The van der Waals surface area contributed by atoms with Crippen LogP contribution >= 0.6 is 11.3 Å². The fourth-order valence-corrected chi connectivity index (χ4v) is 1.68. The Morgan fingerprint density at radius 1 is 1.23 bits per heavy atom. The molecule has 0 atom stereocenters. The van der Waals surface area contributed by atoms with Gasteiger partial charge in [-0.05, 0) is 29.4 Å². The SMILES string of the molecule is O=Nc1ccc(-c2nccs2)cc1. The van der Waals surface area contributed by atoms with Crippen molar-refractivity contribution in [1.82, 2.24) is 4.98 Å². The molecule has 0 saturated carbocycles. The van der Waals surface area contributed by atoms with Crippen molar-refractivity contribution in [2.45, 2.75) is 0 Å². The summed E-state index contributed by atoms with van der Waals surface area (Å²) in [6, 6.07) is 7.05. The molecule has 0 bridgehead atoms. The zero-order valence-corrected chi connectivity index (χ0v) is 7.49. The van der Waals surface area contributed by atoms with Gasteiger partial charge in [-0.3, -0.25) is 0 Å². The van der Waals surface area contributed by atoms with Crippen LogP contribution in [0.25, 0.3) is 10.6 Å². The fraction of sp³-hybridized carbons (Fsp3) is 0. The lowest BCUT2D eigenvalue weighted by Gasteiger charge is -1.94. The van der Waals surface area contributed by atoms with Crippen LogP contribution < -0.4 is 0 Å². The molecule has 1 aromatic heterocycles. The minimum absolute atomic E-state index is 0.445. The highest BCUT2D eigenvalue weighted by Gasteiger charge is 1.99. The molecule has 2 rings (SSSR count). The Balaban J connectivity index is 2.38. The Hall–Kier alpha value is -1.55. The Morgan fingerprint density at radius 2 is 2.00 bits per heavy atom. The summed E-state index contributed by atoms with van der Waals surface area (Å²) in [6.45, 7) is 0. The van der Waals surface area contributed by atoms with Gasteiger partial charge in [0.05, 0.1) is 0 Å². The average molecular weight is 190 g/mol. The molecule has 0 aliphatic rings. The Labute approximate surface area is 79.0 Å². The molecule has 4 heteroatoms. The van der Waals surface area contributed by atoms with E-state index in [9.17, 15) is 4.91 Å². The van der Waals surface area contributed by atoms with Crippen molar-refractivity contribution in [2.75, 3.05) is 0 Å². The standard InChI is InChI=1S/C9H6N2OS/c12-11-8-3-1-7(2-4-8)9-10-5-6-13-9/h1-6H. The highest BCUT2D eigenvalue weighted by molar-refractivity contribution is 7.13. The van der Waals surface area contributed by atoms with Crippen LogP contribution in [-0.2, 0) is 0 Å². The predicted molar refractivity (Wildman–Crippen MR) is 53.0 cm³/mol. The van der Waals surface area contributed by atoms with Crippen molar-refractivity contribution in [3.05, 3.63) is 40.7 Å². The summed E-state index contributed by atoms with van der Waals surface area (Å²) in [7, 11) is 0. The van der Waals surface area contributed by atoms with E-state index in [1.165, 1.54) is 0 Å². The summed E-state index contributed by atoms with van der Waals surface area (Å²) >= 11 is 1.57. The number of aromatic nitrogens is 1. The van der Waals surface area contributed by atoms with E-state index in [2.05, 4.69) is 10.2 Å². The molecule has 0 amide bonds. The molecule has 0 radical (unpaired) electrons. The van der Waals surface area contributed by atoms with Crippen LogP contribution in [0.15, 0.2) is 41.0 Å². The summed E-state index contributed by atoms with van der Waals surface area (Å²) in [5, 5.41) is 5.70. The Kier molecular flexibility index (Phi) is 2.14. The van der Waals surface area contributed by atoms with Gasteiger partial charge in [-0.25, -0.2) is 4.98 Å². The third-order valence-electron chi connectivity index (χ3n) is 1.65. The first-order valence-corrected chi connectivity index (χ1v) is 4.61. The zero-order chi connectivity index (χ0) is 9.10. The van der Waals surface area contributed by atoms with E-state index in [0.29, 0.717) is 5.69 Å². The maximum atomic E-state index is 10.1. The van der Waals surface area contributed by atoms with Crippen LogP contribution in [-0.4, -0.2) is 4.98 Å². The van der Waals surface area contributed by atoms with Crippen molar-refractivity contribution in [1.29, 1.82) is 0 Å². The Morgan fingerprint density at radius 3 is 2.54 bits per heavy atom. The van der Waals surface area contributed by atoms with E-state index < -0.39 is 0 Å². The van der Waals surface area contributed by atoms with Gasteiger partial charge in [0, 0.05) is 17.1 Å². The molecule has 13 heavy (non-hydrogen) atoms.